The zero-order valence-corrected chi connectivity index (χ0v) is 12.9. The van der Waals surface area contributed by atoms with Crippen LogP contribution in [0.25, 0.3) is 0 Å². The van der Waals surface area contributed by atoms with E-state index in [-0.39, 0.29) is 17.5 Å². The van der Waals surface area contributed by atoms with Crippen molar-refractivity contribution in [1.29, 1.82) is 0 Å². The summed E-state index contributed by atoms with van der Waals surface area (Å²) in [5, 5.41) is 8.71. The van der Waals surface area contributed by atoms with Crippen LogP contribution in [0.4, 0.5) is 0 Å². The predicted octanol–water partition coefficient (Wildman–Crippen LogP) is 1.49. The van der Waals surface area contributed by atoms with Crippen molar-refractivity contribution in [1.82, 2.24) is 4.31 Å². The van der Waals surface area contributed by atoms with Crippen LogP contribution in [0.15, 0.2) is 29.2 Å². The average molecular weight is 300 g/mol. The Hall–Kier alpha value is -0.950. The summed E-state index contributed by atoms with van der Waals surface area (Å²) in [6, 6.07) is 6.56. The maximum absolute atomic E-state index is 12.4. The van der Waals surface area contributed by atoms with E-state index in [1.165, 1.54) is 4.31 Å². The number of benzene rings is 1. The number of hydrogen-bond acceptors (Lipinski definition) is 4. The number of nitrogens with zero attached hydrogens (tertiary/aromatic N) is 1. The molecule has 1 atom stereocenters. The molecule has 0 fully saturated rings. The van der Waals surface area contributed by atoms with Crippen molar-refractivity contribution < 1.29 is 13.5 Å². The summed E-state index contributed by atoms with van der Waals surface area (Å²) >= 11 is 0. The van der Waals surface area contributed by atoms with E-state index in [9.17, 15) is 8.42 Å². The third-order valence-electron chi connectivity index (χ3n) is 3.22. The van der Waals surface area contributed by atoms with E-state index in [0.717, 1.165) is 18.4 Å². The summed E-state index contributed by atoms with van der Waals surface area (Å²) in [4.78, 5) is 0.275. The fourth-order valence-electron chi connectivity index (χ4n) is 1.88. The summed E-state index contributed by atoms with van der Waals surface area (Å²) in [7, 11) is -1.89. The number of sulfonamides is 1. The third-order valence-corrected chi connectivity index (χ3v) is 5.08. The summed E-state index contributed by atoms with van der Waals surface area (Å²) < 4.78 is 26.2. The van der Waals surface area contributed by atoms with Gasteiger partial charge in [0.05, 0.1) is 4.90 Å². The number of rotatable bonds is 8. The van der Waals surface area contributed by atoms with E-state index < -0.39 is 10.0 Å². The minimum Gasteiger partial charge on any atom is -0.396 e. The molecule has 0 aliphatic heterocycles. The highest BCUT2D eigenvalue weighted by Crippen LogP contribution is 2.19. The largest absolute Gasteiger partial charge is 0.396 e. The Balaban J connectivity index is 2.79. The van der Waals surface area contributed by atoms with Crippen LogP contribution in [0.1, 0.15) is 37.8 Å². The molecule has 20 heavy (non-hydrogen) atoms. The van der Waals surface area contributed by atoms with Crippen LogP contribution >= 0.6 is 0 Å². The van der Waals surface area contributed by atoms with E-state index in [2.05, 4.69) is 0 Å². The molecule has 0 amide bonds. The summed E-state index contributed by atoms with van der Waals surface area (Å²) in [6.07, 6.45) is 2.26. The monoisotopic (exact) mass is 300 g/mol. The van der Waals surface area contributed by atoms with Crippen LogP contribution in [0, 0.1) is 0 Å². The summed E-state index contributed by atoms with van der Waals surface area (Å²) in [5.74, 6) is 0. The number of aliphatic hydroxyl groups excluding tert-OH is 1. The molecule has 0 bridgehead atoms. The van der Waals surface area contributed by atoms with Gasteiger partial charge in [-0.2, -0.15) is 0 Å². The highest BCUT2D eigenvalue weighted by atomic mass is 32.2. The second kappa shape index (κ2) is 7.73. The fraction of sp³-hybridized carbons (Fsp3) is 0.571. The molecule has 0 saturated carbocycles. The summed E-state index contributed by atoms with van der Waals surface area (Å²) in [6.45, 7) is 2.42. The molecule has 1 unspecified atom stereocenters. The SMILES string of the molecule is CC(N)c1cccc(S(=O)(=O)N(C)CCCCCO)c1. The van der Waals surface area contributed by atoms with E-state index >= 15 is 0 Å². The molecule has 0 saturated heterocycles. The zero-order chi connectivity index (χ0) is 15.2. The van der Waals surface area contributed by atoms with Gasteiger partial charge in [0.2, 0.25) is 10.0 Å². The fourth-order valence-corrected chi connectivity index (χ4v) is 3.15. The van der Waals surface area contributed by atoms with E-state index in [4.69, 9.17) is 10.8 Å². The zero-order valence-electron chi connectivity index (χ0n) is 12.1. The van der Waals surface area contributed by atoms with E-state index in [1.807, 2.05) is 13.0 Å². The first kappa shape index (κ1) is 17.1. The molecule has 1 rings (SSSR count). The first-order valence-electron chi connectivity index (χ1n) is 6.82. The average Bonchev–Trinajstić information content (AvgIpc) is 2.43. The topological polar surface area (TPSA) is 83.6 Å². The molecule has 1 aromatic rings. The molecule has 1 aromatic carbocycles. The minimum atomic E-state index is -3.47. The molecule has 0 spiro atoms. The lowest BCUT2D eigenvalue weighted by Gasteiger charge is -2.18. The molecular weight excluding hydrogens is 276 g/mol. The van der Waals surface area contributed by atoms with Gasteiger partial charge >= 0.3 is 0 Å². The quantitative estimate of drug-likeness (QED) is 0.712. The van der Waals surface area contributed by atoms with Crippen molar-refractivity contribution in [3.63, 3.8) is 0 Å². The van der Waals surface area contributed by atoms with Crippen molar-refractivity contribution in [2.45, 2.75) is 37.1 Å². The van der Waals surface area contributed by atoms with E-state index in [0.29, 0.717) is 13.0 Å². The maximum atomic E-state index is 12.4. The van der Waals surface area contributed by atoms with Crippen molar-refractivity contribution in [2.75, 3.05) is 20.2 Å². The van der Waals surface area contributed by atoms with Crippen LogP contribution in [0.2, 0.25) is 0 Å². The molecule has 6 heteroatoms. The van der Waals surface area contributed by atoms with Crippen molar-refractivity contribution in [3.8, 4) is 0 Å². The normalized spacial score (nSPS) is 13.7. The van der Waals surface area contributed by atoms with Gasteiger partial charge in [-0.05, 0) is 43.9 Å². The molecular formula is C14H24N2O3S. The smallest absolute Gasteiger partial charge is 0.242 e. The Morgan fingerprint density at radius 1 is 1.30 bits per heavy atom. The molecule has 0 aliphatic carbocycles. The molecule has 0 radical (unpaired) electrons. The van der Waals surface area contributed by atoms with Gasteiger partial charge in [-0.3, -0.25) is 0 Å². The highest BCUT2D eigenvalue weighted by Gasteiger charge is 2.20. The first-order valence-corrected chi connectivity index (χ1v) is 8.26. The Kier molecular flexibility index (Phi) is 6.61. The number of aliphatic hydroxyl groups is 1. The molecule has 5 nitrogen and oxygen atoms in total. The number of unbranched alkanes of at least 4 members (excludes halogenated alkanes) is 2. The van der Waals surface area contributed by atoms with Gasteiger partial charge in [-0.1, -0.05) is 12.1 Å². The first-order chi connectivity index (χ1) is 9.39. The minimum absolute atomic E-state index is 0.146. The van der Waals surface area contributed by atoms with Gasteiger partial charge < -0.3 is 10.8 Å². The van der Waals surface area contributed by atoms with Crippen LogP contribution in [-0.4, -0.2) is 38.0 Å². The predicted molar refractivity (Wildman–Crippen MR) is 79.8 cm³/mol. The van der Waals surface area contributed by atoms with Crippen LogP contribution in [0.5, 0.6) is 0 Å². The maximum Gasteiger partial charge on any atom is 0.242 e. The Morgan fingerprint density at radius 3 is 2.60 bits per heavy atom. The van der Waals surface area contributed by atoms with Crippen LogP contribution in [0.3, 0.4) is 0 Å². The number of hydrogen-bond donors (Lipinski definition) is 2. The highest BCUT2D eigenvalue weighted by molar-refractivity contribution is 7.89. The molecule has 0 aliphatic rings. The van der Waals surface area contributed by atoms with Crippen LogP contribution < -0.4 is 5.73 Å². The second-order valence-electron chi connectivity index (χ2n) is 4.97. The molecule has 0 aromatic heterocycles. The Morgan fingerprint density at radius 2 is 2.00 bits per heavy atom. The van der Waals surface area contributed by atoms with Gasteiger partial charge in [0, 0.05) is 26.2 Å². The van der Waals surface area contributed by atoms with Gasteiger partial charge in [0.25, 0.3) is 0 Å². The molecule has 114 valence electrons. The Labute approximate surface area is 121 Å². The van der Waals surface area contributed by atoms with Crippen LogP contribution in [-0.2, 0) is 10.0 Å². The summed E-state index contributed by atoms with van der Waals surface area (Å²) in [5.41, 5.74) is 6.59. The van der Waals surface area contributed by atoms with Gasteiger partial charge in [0.15, 0.2) is 0 Å². The van der Waals surface area contributed by atoms with Gasteiger partial charge in [-0.15, -0.1) is 0 Å². The lowest BCUT2D eigenvalue weighted by atomic mass is 10.1. The lowest BCUT2D eigenvalue weighted by molar-refractivity contribution is 0.281. The Bertz CT molecular complexity index is 515. The number of nitrogens with two attached hydrogens (primary N) is 1. The van der Waals surface area contributed by atoms with Crippen molar-refractivity contribution in [3.05, 3.63) is 29.8 Å². The third kappa shape index (κ3) is 4.56. The van der Waals surface area contributed by atoms with Crippen molar-refractivity contribution >= 4 is 10.0 Å². The van der Waals surface area contributed by atoms with Crippen molar-refractivity contribution in [2.24, 2.45) is 5.73 Å². The second-order valence-corrected chi connectivity index (χ2v) is 7.02. The van der Waals surface area contributed by atoms with Gasteiger partial charge in [0.1, 0.15) is 0 Å². The lowest BCUT2D eigenvalue weighted by Crippen LogP contribution is -2.28. The van der Waals surface area contributed by atoms with Gasteiger partial charge in [-0.25, -0.2) is 12.7 Å². The molecule has 3 N–H and O–H groups in total. The standard InChI is InChI=1S/C14H24N2O3S/c1-12(15)13-7-6-8-14(11-13)20(18,19)16(2)9-4-3-5-10-17/h6-8,11-12,17H,3-5,9-10,15H2,1-2H3. The molecule has 0 heterocycles. The van der Waals surface area contributed by atoms with E-state index in [1.54, 1.807) is 25.2 Å².